The zero-order chi connectivity index (χ0) is 13.8. The van der Waals surface area contributed by atoms with Crippen LogP contribution in [0.1, 0.15) is 16.1 Å². The van der Waals surface area contributed by atoms with Gasteiger partial charge >= 0.3 is 4.87 Å². The molecule has 0 aliphatic carbocycles. The molecule has 2 aromatic heterocycles. The number of nitrogens with one attached hydrogen (secondary N) is 3. The number of pyridine rings is 1. The van der Waals surface area contributed by atoms with E-state index >= 15 is 0 Å². The van der Waals surface area contributed by atoms with Crippen molar-refractivity contribution in [2.24, 2.45) is 0 Å². The Morgan fingerprint density at radius 2 is 2.32 bits per heavy atom. The molecule has 0 saturated carbocycles. The standard InChI is InChI=1S/C11H11ClN4O2S/c1-13-9-3-6(2-8(12)16-9)10(17)14-4-7-5-19-11(18)15-7/h2-3,5H,4H2,1H3,(H,13,16)(H,14,17)(H,15,18). The minimum Gasteiger partial charge on any atom is -0.373 e. The molecular weight excluding hydrogens is 288 g/mol. The maximum atomic E-state index is 11.9. The number of carbonyl (C=O) groups is 1. The van der Waals surface area contributed by atoms with Gasteiger partial charge in [0, 0.05) is 23.7 Å². The van der Waals surface area contributed by atoms with Crippen LogP contribution < -0.4 is 15.5 Å². The van der Waals surface area contributed by atoms with E-state index in [1.807, 2.05) is 0 Å². The lowest BCUT2D eigenvalue weighted by molar-refractivity contribution is 0.0950. The molecule has 0 unspecified atom stereocenters. The van der Waals surface area contributed by atoms with Crippen LogP contribution in [0.5, 0.6) is 0 Å². The molecule has 0 radical (unpaired) electrons. The summed E-state index contributed by atoms with van der Waals surface area (Å²) in [6.45, 7) is 0.256. The first-order valence-corrected chi connectivity index (χ1v) is 6.64. The number of halogens is 1. The van der Waals surface area contributed by atoms with Gasteiger partial charge in [-0.25, -0.2) is 4.98 Å². The Morgan fingerprint density at radius 3 is 2.95 bits per heavy atom. The molecule has 19 heavy (non-hydrogen) atoms. The molecule has 0 bridgehead atoms. The number of hydrogen-bond donors (Lipinski definition) is 3. The predicted octanol–water partition coefficient (Wildman–Crippen LogP) is 1.46. The van der Waals surface area contributed by atoms with Crippen LogP contribution in [0.25, 0.3) is 0 Å². The second kappa shape index (κ2) is 5.85. The lowest BCUT2D eigenvalue weighted by Gasteiger charge is -2.06. The summed E-state index contributed by atoms with van der Waals surface area (Å²) >= 11 is 6.87. The summed E-state index contributed by atoms with van der Waals surface area (Å²) in [4.78, 5) is 29.3. The number of aromatic nitrogens is 2. The molecule has 2 aromatic rings. The number of nitrogens with zero attached hydrogens (tertiary/aromatic N) is 1. The Balaban J connectivity index is 2.07. The fraction of sp³-hybridized carbons (Fsp3) is 0.182. The molecule has 3 N–H and O–H groups in total. The fourth-order valence-corrected chi connectivity index (χ4v) is 2.22. The Morgan fingerprint density at radius 1 is 1.53 bits per heavy atom. The van der Waals surface area contributed by atoms with Gasteiger partial charge in [-0.1, -0.05) is 22.9 Å². The highest BCUT2D eigenvalue weighted by molar-refractivity contribution is 7.07. The molecule has 2 heterocycles. The highest BCUT2D eigenvalue weighted by atomic mass is 35.5. The van der Waals surface area contributed by atoms with Crippen molar-refractivity contribution in [1.82, 2.24) is 15.3 Å². The Bertz CT molecular complexity index is 652. The molecule has 2 rings (SSSR count). The van der Waals surface area contributed by atoms with Crippen molar-refractivity contribution in [2.45, 2.75) is 6.54 Å². The molecule has 0 aliphatic rings. The van der Waals surface area contributed by atoms with E-state index in [0.717, 1.165) is 11.3 Å². The van der Waals surface area contributed by atoms with E-state index in [2.05, 4.69) is 20.6 Å². The Hall–Kier alpha value is -1.86. The zero-order valence-electron chi connectivity index (χ0n) is 9.99. The maximum Gasteiger partial charge on any atom is 0.304 e. The number of aromatic amines is 1. The first-order chi connectivity index (χ1) is 9.08. The lowest BCUT2D eigenvalue weighted by atomic mass is 10.2. The summed E-state index contributed by atoms with van der Waals surface area (Å²) in [7, 11) is 1.69. The molecule has 0 fully saturated rings. The van der Waals surface area contributed by atoms with Crippen LogP contribution in [0, 0.1) is 0 Å². The number of carbonyl (C=O) groups excluding carboxylic acids is 1. The van der Waals surface area contributed by atoms with E-state index in [-0.39, 0.29) is 22.5 Å². The van der Waals surface area contributed by atoms with Gasteiger partial charge in [-0.05, 0) is 12.1 Å². The summed E-state index contributed by atoms with van der Waals surface area (Å²) in [5.74, 6) is 0.231. The van der Waals surface area contributed by atoms with E-state index in [9.17, 15) is 9.59 Å². The SMILES string of the molecule is CNc1cc(C(=O)NCc2csc(=O)[nH]2)cc(Cl)n1. The minimum atomic E-state index is -0.284. The van der Waals surface area contributed by atoms with Crippen LogP contribution >= 0.6 is 22.9 Å². The molecular formula is C11H11ClN4O2S. The van der Waals surface area contributed by atoms with Gasteiger partial charge < -0.3 is 15.6 Å². The van der Waals surface area contributed by atoms with Gasteiger partial charge in [-0.2, -0.15) is 0 Å². The molecule has 0 aromatic carbocycles. The quantitative estimate of drug-likeness (QED) is 0.746. The summed E-state index contributed by atoms with van der Waals surface area (Å²) in [6, 6.07) is 3.08. The first-order valence-electron chi connectivity index (χ1n) is 5.38. The number of rotatable bonds is 4. The molecule has 0 saturated heterocycles. The molecule has 0 spiro atoms. The van der Waals surface area contributed by atoms with Gasteiger partial charge in [0.25, 0.3) is 5.91 Å². The minimum absolute atomic E-state index is 0.145. The molecule has 0 aliphatic heterocycles. The van der Waals surface area contributed by atoms with Crippen molar-refractivity contribution in [3.63, 3.8) is 0 Å². The third kappa shape index (κ3) is 3.55. The van der Waals surface area contributed by atoms with Crippen molar-refractivity contribution in [1.29, 1.82) is 0 Å². The summed E-state index contributed by atoms with van der Waals surface area (Å²) in [6.07, 6.45) is 0. The van der Waals surface area contributed by atoms with Crippen LogP contribution in [0.2, 0.25) is 5.15 Å². The van der Waals surface area contributed by atoms with E-state index in [0.29, 0.717) is 17.1 Å². The molecule has 8 heteroatoms. The van der Waals surface area contributed by atoms with Gasteiger partial charge in [-0.15, -0.1) is 0 Å². The average Bonchev–Trinajstić information content (AvgIpc) is 2.81. The van der Waals surface area contributed by atoms with E-state index in [1.54, 1.807) is 18.5 Å². The van der Waals surface area contributed by atoms with Crippen molar-refractivity contribution < 1.29 is 4.79 Å². The normalized spacial score (nSPS) is 10.2. The zero-order valence-corrected chi connectivity index (χ0v) is 11.6. The smallest absolute Gasteiger partial charge is 0.304 e. The van der Waals surface area contributed by atoms with Gasteiger partial charge in [0.15, 0.2) is 0 Å². The van der Waals surface area contributed by atoms with Gasteiger partial charge in [0.2, 0.25) is 0 Å². The molecule has 100 valence electrons. The average molecular weight is 299 g/mol. The number of amides is 1. The van der Waals surface area contributed by atoms with Crippen LogP contribution in [0.3, 0.4) is 0 Å². The number of H-pyrrole nitrogens is 1. The second-order valence-electron chi connectivity index (χ2n) is 3.67. The molecule has 0 atom stereocenters. The van der Waals surface area contributed by atoms with Crippen molar-refractivity contribution in [3.05, 3.63) is 43.6 Å². The van der Waals surface area contributed by atoms with Crippen molar-refractivity contribution in [3.8, 4) is 0 Å². The molecule has 6 nitrogen and oxygen atoms in total. The number of thiazole rings is 1. The van der Waals surface area contributed by atoms with Crippen LogP contribution in [0.15, 0.2) is 22.3 Å². The van der Waals surface area contributed by atoms with Gasteiger partial charge in [-0.3, -0.25) is 9.59 Å². The summed E-state index contributed by atoms with van der Waals surface area (Å²) in [5.41, 5.74) is 1.07. The largest absolute Gasteiger partial charge is 0.373 e. The van der Waals surface area contributed by atoms with Crippen LogP contribution in [-0.2, 0) is 6.54 Å². The second-order valence-corrected chi connectivity index (χ2v) is 4.90. The topological polar surface area (TPSA) is 86.9 Å². The third-order valence-electron chi connectivity index (χ3n) is 2.32. The number of anilines is 1. The van der Waals surface area contributed by atoms with Gasteiger partial charge in [0.05, 0.1) is 6.54 Å². The fourth-order valence-electron chi connectivity index (χ4n) is 1.43. The maximum absolute atomic E-state index is 11.9. The molecule has 1 amide bonds. The monoisotopic (exact) mass is 298 g/mol. The number of hydrogen-bond acceptors (Lipinski definition) is 5. The third-order valence-corrected chi connectivity index (χ3v) is 3.23. The Labute approximate surface area is 117 Å². The first kappa shape index (κ1) is 13.6. The predicted molar refractivity (Wildman–Crippen MR) is 74.9 cm³/mol. The lowest BCUT2D eigenvalue weighted by Crippen LogP contribution is -2.23. The van der Waals surface area contributed by atoms with E-state index in [4.69, 9.17) is 11.6 Å². The van der Waals surface area contributed by atoms with Crippen LogP contribution in [-0.4, -0.2) is 22.9 Å². The van der Waals surface area contributed by atoms with Gasteiger partial charge in [0.1, 0.15) is 11.0 Å². The summed E-state index contributed by atoms with van der Waals surface area (Å²) < 4.78 is 0. The van der Waals surface area contributed by atoms with Crippen molar-refractivity contribution in [2.75, 3.05) is 12.4 Å². The highest BCUT2D eigenvalue weighted by Crippen LogP contribution is 2.14. The van der Waals surface area contributed by atoms with E-state index < -0.39 is 0 Å². The highest BCUT2D eigenvalue weighted by Gasteiger charge is 2.09. The van der Waals surface area contributed by atoms with Crippen LogP contribution in [0.4, 0.5) is 5.82 Å². The van der Waals surface area contributed by atoms with Crippen molar-refractivity contribution >= 4 is 34.7 Å². The summed E-state index contributed by atoms with van der Waals surface area (Å²) in [5, 5.41) is 7.41. The Kier molecular flexibility index (Phi) is 4.18. The van der Waals surface area contributed by atoms with E-state index in [1.165, 1.54) is 6.07 Å².